The molecular weight excluding hydrogens is 232 g/mol. The number of oxime groups is 1. The van der Waals surface area contributed by atoms with E-state index in [0.29, 0.717) is 6.04 Å². The van der Waals surface area contributed by atoms with Gasteiger partial charge < -0.3 is 15.8 Å². The molecule has 1 amide bonds. The van der Waals surface area contributed by atoms with E-state index in [2.05, 4.69) is 17.0 Å². The zero-order valence-corrected chi connectivity index (χ0v) is 11.0. The average molecular weight is 254 g/mol. The van der Waals surface area contributed by atoms with Gasteiger partial charge in [0.25, 0.3) is 0 Å². The maximum absolute atomic E-state index is 12.3. The number of piperazine rings is 1. The van der Waals surface area contributed by atoms with Crippen LogP contribution in [0.5, 0.6) is 0 Å². The van der Waals surface area contributed by atoms with Gasteiger partial charge in [-0.1, -0.05) is 5.16 Å². The van der Waals surface area contributed by atoms with Gasteiger partial charge in [0.2, 0.25) is 5.91 Å². The van der Waals surface area contributed by atoms with E-state index in [1.807, 2.05) is 4.90 Å². The topological polar surface area (TPSA) is 82.2 Å². The van der Waals surface area contributed by atoms with Crippen LogP contribution in [0.2, 0.25) is 0 Å². The van der Waals surface area contributed by atoms with E-state index in [-0.39, 0.29) is 17.8 Å². The lowest BCUT2D eigenvalue weighted by atomic mass is 10.0. The number of hydrogen-bond donors (Lipinski definition) is 2. The van der Waals surface area contributed by atoms with E-state index in [1.54, 1.807) is 6.92 Å². The molecule has 2 aliphatic rings. The number of hydrogen-bond acceptors (Lipinski definition) is 4. The molecule has 0 aromatic heterocycles. The molecule has 2 saturated heterocycles. The number of nitrogens with zero attached hydrogens (tertiary/aromatic N) is 3. The molecule has 0 spiro atoms. The van der Waals surface area contributed by atoms with Gasteiger partial charge in [-0.05, 0) is 33.2 Å². The van der Waals surface area contributed by atoms with Crippen LogP contribution in [0.3, 0.4) is 0 Å². The molecule has 6 nitrogen and oxygen atoms in total. The van der Waals surface area contributed by atoms with Crippen molar-refractivity contribution in [3.8, 4) is 0 Å². The zero-order chi connectivity index (χ0) is 13.3. The molecule has 0 bridgehead atoms. The third-order valence-electron chi connectivity index (χ3n) is 4.15. The highest BCUT2D eigenvalue weighted by Crippen LogP contribution is 2.25. The minimum absolute atomic E-state index is 0.0129. The van der Waals surface area contributed by atoms with Gasteiger partial charge in [0.15, 0.2) is 5.84 Å². The van der Waals surface area contributed by atoms with Gasteiger partial charge in [-0.15, -0.1) is 0 Å². The Kier molecular flexibility index (Phi) is 3.75. The molecule has 3 atom stereocenters. The van der Waals surface area contributed by atoms with E-state index in [4.69, 9.17) is 10.9 Å². The van der Waals surface area contributed by atoms with Crippen molar-refractivity contribution in [1.29, 1.82) is 0 Å². The van der Waals surface area contributed by atoms with Crippen LogP contribution in [0.15, 0.2) is 5.16 Å². The molecule has 18 heavy (non-hydrogen) atoms. The highest BCUT2D eigenvalue weighted by molar-refractivity contribution is 6.01. The Balaban J connectivity index is 2.06. The van der Waals surface area contributed by atoms with Crippen LogP contribution in [0.25, 0.3) is 0 Å². The molecule has 0 aromatic carbocycles. The maximum Gasteiger partial charge on any atom is 0.233 e. The minimum atomic E-state index is -0.551. The largest absolute Gasteiger partial charge is 0.409 e. The highest BCUT2D eigenvalue weighted by atomic mass is 16.4. The van der Waals surface area contributed by atoms with Crippen molar-refractivity contribution in [3.63, 3.8) is 0 Å². The first kappa shape index (κ1) is 13.1. The summed E-state index contributed by atoms with van der Waals surface area (Å²) in [6.07, 6.45) is 2.38. The number of nitrogens with two attached hydrogens (primary N) is 1. The van der Waals surface area contributed by atoms with Crippen molar-refractivity contribution in [3.05, 3.63) is 0 Å². The van der Waals surface area contributed by atoms with Crippen LogP contribution in [0.1, 0.15) is 26.7 Å². The fraction of sp³-hybridized carbons (Fsp3) is 0.833. The quantitative estimate of drug-likeness (QED) is 0.316. The van der Waals surface area contributed by atoms with Crippen LogP contribution < -0.4 is 5.73 Å². The number of amides is 1. The summed E-state index contributed by atoms with van der Waals surface area (Å²) in [5, 5.41) is 11.6. The molecular formula is C12H22N4O2. The summed E-state index contributed by atoms with van der Waals surface area (Å²) in [6.45, 7) is 6.59. The molecule has 2 fully saturated rings. The maximum atomic E-state index is 12.3. The Bertz CT molecular complexity index is 358. The first-order valence-corrected chi connectivity index (χ1v) is 6.56. The summed E-state index contributed by atoms with van der Waals surface area (Å²) < 4.78 is 0. The first-order chi connectivity index (χ1) is 8.54. The molecule has 0 radical (unpaired) electrons. The number of carbonyl (C=O) groups excluding carboxylic acids is 1. The third-order valence-corrected chi connectivity index (χ3v) is 4.15. The second-order valence-electron chi connectivity index (χ2n) is 5.38. The molecule has 3 N–H and O–H groups in total. The minimum Gasteiger partial charge on any atom is -0.409 e. The Morgan fingerprint density at radius 3 is 2.89 bits per heavy atom. The lowest BCUT2D eigenvalue weighted by molar-refractivity contribution is -0.138. The Hall–Kier alpha value is -1.30. The molecule has 3 unspecified atom stereocenters. The van der Waals surface area contributed by atoms with E-state index in [0.717, 1.165) is 26.1 Å². The van der Waals surface area contributed by atoms with Gasteiger partial charge in [0, 0.05) is 25.2 Å². The highest BCUT2D eigenvalue weighted by Gasteiger charge is 2.38. The summed E-state index contributed by atoms with van der Waals surface area (Å²) in [7, 11) is 0. The SMILES string of the molecule is CC(C(=O)N1CC2CCCN2CC1C)C(N)=NO. The fourth-order valence-corrected chi connectivity index (χ4v) is 2.96. The predicted octanol–water partition coefficient (Wildman–Crippen LogP) is 0.0640. The number of amidine groups is 1. The van der Waals surface area contributed by atoms with Crippen LogP contribution >= 0.6 is 0 Å². The van der Waals surface area contributed by atoms with Crippen molar-refractivity contribution in [2.24, 2.45) is 16.8 Å². The number of rotatable bonds is 2. The second kappa shape index (κ2) is 5.14. The summed E-state index contributed by atoms with van der Waals surface area (Å²) >= 11 is 0. The van der Waals surface area contributed by atoms with Crippen molar-refractivity contribution >= 4 is 11.7 Å². The Labute approximate surface area is 107 Å². The third kappa shape index (κ3) is 2.29. The Morgan fingerprint density at radius 2 is 2.22 bits per heavy atom. The first-order valence-electron chi connectivity index (χ1n) is 6.56. The van der Waals surface area contributed by atoms with Crippen molar-refractivity contribution < 1.29 is 10.0 Å². The molecule has 102 valence electrons. The molecule has 6 heteroatoms. The van der Waals surface area contributed by atoms with E-state index < -0.39 is 5.92 Å². The predicted molar refractivity (Wildman–Crippen MR) is 68.3 cm³/mol. The van der Waals surface area contributed by atoms with Crippen LogP contribution in [0.4, 0.5) is 0 Å². The lowest BCUT2D eigenvalue weighted by Crippen LogP contribution is -2.58. The van der Waals surface area contributed by atoms with Crippen LogP contribution in [-0.4, -0.2) is 58.5 Å². The average Bonchev–Trinajstić information content (AvgIpc) is 2.82. The fourth-order valence-electron chi connectivity index (χ4n) is 2.96. The van der Waals surface area contributed by atoms with Crippen molar-refractivity contribution in [1.82, 2.24) is 9.80 Å². The summed E-state index contributed by atoms with van der Waals surface area (Å²) in [5.74, 6) is -0.601. The Morgan fingerprint density at radius 1 is 1.50 bits per heavy atom. The van der Waals surface area contributed by atoms with E-state index >= 15 is 0 Å². The molecule has 0 saturated carbocycles. The standard InChI is InChI=1S/C12H22N4O2/c1-8-6-15-5-3-4-10(15)7-16(8)12(17)9(2)11(13)14-18/h8-10,18H,3-7H2,1-2H3,(H2,13,14). The molecule has 0 aromatic rings. The second-order valence-corrected chi connectivity index (χ2v) is 5.38. The van der Waals surface area contributed by atoms with Gasteiger partial charge in [-0.25, -0.2) is 0 Å². The normalized spacial score (nSPS) is 31.2. The molecule has 2 aliphatic heterocycles. The number of fused-ring (bicyclic) bond motifs is 1. The molecule has 2 rings (SSSR count). The smallest absolute Gasteiger partial charge is 0.233 e. The van der Waals surface area contributed by atoms with Crippen molar-refractivity contribution in [2.45, 2.75) is 38.8 Å². The molecule has 0 aliphatic carbocycles. The summed E-state index contributed by atoms with van der Waals surface area (Å²) in [6, 6.07) is 0.686. The van der Waals surface area contributed by atoms with Gasteiger partial charge in [0.05, 0.1) is 5.92 Å². The van der Waals surface area contributed by atoms with E-state index in [1.165, 1.54) is 6.42 Å². The van der Waals surface area contributed by atoms with Crippen LogP contribution in [-0.2, 0) is 4.79 Å². The van der Waals surface area contributed by atoms with Gasteiger partial charge in [-0.3, -0.25) is 9.69 Å². The van der Waals surface area contributed by atoms with Gasteiger partial charge >= 0.3 is 0 Å². The van der Waals surface area contributed by atoms with Gasteiger partial charge in [-0.2, -0.15) is 0 Å². The lowest BCUT2D eigenvalue weighted by Gasteiger charge is -2.43. The van der Waals surface area contributed by atoms with Crippen LogP contribution in [0, 0.1) is 5.92 Å². The summed E-state index contributed by atoms with van der Waals surface area (Å²) in [5.41, 5.74) is 5.52. The van der Waals surface area contributed by atoms with E-state index in [9.17, 15) is 4.79 Å². The van der Waals surface area contributed by atoms with Gasteiger partial charge in [0.1, 0.15) is 0 Å². The summed E-state index contributed by atoms with van der Waals surface area (Å²) in [4.78, 5) is 16.7. The molecule has 2 heterocycles. The number of carbonyl (C=O) groups is 1. The van der Waals surface area contributed by atoms with Crippen molar-refractivity contribution in [2.75, 3.05) is 19.6 Å². The zero-order valence-electron chi connectivity index (χ0n) is 11.0. The monoisotopic (exact) mass is 254 g/mol.